The van der Waals surface area contributed by atoms with Crippen LogP contribution >= 0.6 is 0 Å². The highest BCUT2D eigenvalue weighted by atomic mass is 14.9. The summed E-state index contributed by atoms with van der Waals surface area (Å²) in [4.78, 5) is 10.8. The Kier molecular flexibility index (Phi) is 6.90. The van der Waals surface area contributed by atoms with E-state index >= 15 is 0 Å². The minimum Gasteiger partial charge on any atom is -0.236 e. The predicted octanol–water partition coefficient (Wildman–Crippen LogP) is 13.9. The predicted molar refractivity (Wildman–Crippen MR) is 226 cm³/mol. The van der Waals surface area contributed by atoms with Crippen LogP contribution in [0.2, 0.25) is 0 Å². The molecule has 0 bridgehead atoms. The molecule has 9 aromatic carbocycles. The van der Waals surface area contributed by atoms with Gasteiger partial charge in [0.15, 0.2) is 5.82 Å². The van der Waals surface area contributed by atoms with Crippen molar-refractivity contribution in [3.05, 3.63) is 194 Å². The Balaban J connectivity index is 1.14. The highest BCUT2D eigenvalue weighted by molar-refractivity contribution is 6.21. The molecule has 0 fully saturated rings. The number of nitrogens with zero attached hydrogens (tertiary/aromatic N) is 2. The standard InChI is InChI=1S/C52H32N2/c1-2-16-36-33(14-1)15-13-27-37(36)34-28-30-35(31-29-34)49-43-22-8-10-24-45(43)50(46-25-11-9-23-44(46)49)52-53-32-48-42-21-6-5-19-40(42)38-17-3-4-18-39(38)41-20-7-12-26-47(41)51(48)54-52/h1-32H. The van der Waals surface area contributed by atoms with Gasteiger partial charge >= 0.3 is 0 Å². The molecule has 0 saturated heterocycles. The van der Waals surface area contributed by atoms with Gasteiger partial charge in [-0.2, -0.15) is 0 Å². The van der Waals surface area contributed by atoms with E-state index in [1.54, 1.807) is 0 Å². The average Bonchev–Trinajstić information content (AvgIpc) is 3.25. The van der Waals surface area contributed by atoms with Gasteiger partial charge in [-0.25, -0.2) is 9.97 Å². The Morgan fingerprint density at radius 2 is 0.685 bits per heavy atom. The molecule has 250 valence electrons. The molecule has 1 aromatic heterocycles. The Labute approximate surface area is 313 Å². The first kappa shape index (κ1) is 30.5. The topological polar surface area (TPSA) is 25.8 Å². The van der Waals surface area contributed by atoms with E-state index in [-0.39, 0.29) is 0 Å². The van der Waals surface area contributed by atoms with Crippen molar-refractivity contribution in [1.82, 2.24) is 9.97 Å². The molecular weight excluding hydrogens is 653 g/mol. The minimum absolute atomic E-state index is 0.722. The van der Waals surface area contributed by atoms with Crippen LogP contribution in [0, 0.1) is 0 Å². The van der Waals surface area contributed by atoms with E-state index < -0.39 is 0 Å². The van der Waals surface area contributed by atoms with E-state index in [9.17, 15) is 0 Å². The van der Waals surface area contributed by atoms with Crippen LogP contribution in [0.3, 0.4) is 0 Å². The van der Waals surface area contributed by atoms with E-state index in [1.807, 2.05) is 6.20 Å². The number of rotatable bonds is 3. The first-order valence-corrected chi connectivity index (χ1v) is 18.5. The second-order valence-corrected chi connectivity index (χ2v) is 14.0. The summed E-state index contributed by atoms with van der Waals surface area (Å²) in [7, 11) is 0. The summed E-state index contributed by atoms with van der Waals surface area (Å²) < 4.78 is 0. The summed E-state index contributed by atoms with van der Waals surface area (Å²) >= 11 is 0. The van der Waals surface area contributed by atoms with Crippen molar-refractivity contribution in [3.63, 3.8) is 0 Å². The van der Waals surface area contributed by atoms with Crippen LogP contribution in [0.1, 0.15) is 0 Å². The number of hydrogen-bond acceptors (Lipinski definition) is 2. The lowest BCUT2D eigenvalue weighted by Gasteiger charge is -2.23. The molecule has 0 amide bonds. The van der Waals surface area contributed by atoms with Gasteiger partial charge in [0.05, 0.1) is 5.69 Å². The lowest BCUT2D eigenvalue weighted by molar-refractivity contribution is 1.19. The Hall–Kier alpha value is -7.16. The van der Waals surface area contributed by atoms with Gasteiger partial charge in [-0.1, -0.05) is 188 Å². The Bertz CT molecular complexity index is 3030. The quantitative estimate of drug-likeness (QED) is 0.173. The smallest absolute Gasteiger partial charge is 0.161 e. The minimum atomic E-state index is 0.722. The monoisotopic (exact) mass is 684 g/mol. The van der Waals surface area contributed by atoms with Gasteiger partial charge < -0.3 is 0 Å². The van der Waals surface area contributed by atoms with Gasteiger partial charge in [0.2, 0.25) is 0 Å². The molecular formula is C52H32N2. The van der Waals surface area contributed by atoms with Gasteiger partial charge in [-0.05, 0) is 82.4 Å². The van der Waals surface area contributed by atoms with Crippen LogP contribution in [-0.2, 0) is 0 Å². The summed E-state index contributed by atoms with van der Waals surface area (Å²) in [5.41, 5.74) is 14.9. The second kappa shape index (κ2) is 12.2. The molecule has 0 spiro atoms. The largest absolute Gasteiger partial charge is 0.236 e. The SMILES string of the molecule is c1ccc2c(c1)-c1ccccc1-c1cnc(-c3c4ccccc4c(-c4ccc(-c5cccc6ccccc56)cc4)c4ccccc34)nc1-c1ccccc1-2. The highest BCUT2D eigenvalue weighted by Gasteiger charge is 2.25. The molecule has 10 aromatic rings. The van der Waals surface area contributed by atoms with Crippen LogP contribution < -0.4 is 0 Å². The Morgan fingerprint density at radius 3 is 1.28 bits per heavy atom. The molecule has 1 heterocycles. The van der Waals surface area contributed by atoms with E-state index in [0.29, 0.717) is 0 Å². The average molecular weight is 685 g/mol. The number of aromatic nitrogens is 2. The summed E-state index contributed by atoms with van der Waals surface area (Å²) in [6.07, 6.45) is 2.05. The zero-order valence-electron chi connectivity index (χ0n) is 29.4. The van der Waals surface area contributed by atoms with Crippen molar-refractivity contribution in [2.75, 3.05) is 0 Å². The van der Waals surface area contributed by atoms with Crippen molar-refractivity contribution in [2.45, 2.75) is 0 Å². The molecule has 0 unspecified atom stereocenters. The molecule has 2 heteroatoms. The number of fused-ring (bicyclic) bond motifs is 11. The molecule has 1 aliphatic rings. The molecule has 2 nitrogen and oxygen atoms in total. The van der Waals surface area contributed by atoms with Gasteiger partial charge in [0, 0.05) is 22.9 Å². The van der Waals surface area contributed by atoms with Crippen LogP contribution in [0.4, 0.5) is 0 Å². The first-order chi connectivity index (χ1) is 26.8. The molecule has 0 atom stereocenters. The van der Waals surface area contributed by atoms with Crippen molar-refractivity contribution in [3.8, 4) is 78.3 Å². The third-order valence-corrected chi connectivity index (χ3v) is 11.1. The van der Waals surface area contributed by atoms with Crippen LogP contribution in [0.15, 0.2) is 194 Å². The third-order valence-electron chi connectivity index (χ3n) is 11.1. The Morgan fingerprint density at radius 1 is 0.278 bits per heavy atom. The fraction of sp³-hybridized carbons (Fsp3) is 0. The molecule has 1 aliphatic carbocycles. The summed E-state index contributed by atoms with van der Waals surface area (Å²) in [6.45, 7) is 0. The molecule has 11 rings (SSSR count). The van der Waals surface area contributed by atoms with Gasteiger partial charge in [0.1, 0.15) is 0 Å². The maximum Gasteiger partial charge on any atom is 0.161 e. The van der Waals surface area contributed by atoms with E-state index in [1.165, 1.54) is 66.1 Å². The fourth-order valence-corrected chi connectivity index (χ4v) is 8.71. The summed E-state index contributed by atoms with van der Waals surface area (Å²) in [5, 5.41) is 7.14. The van der Waals surface area contributed by atoms with Crippen molar-refractivity contribution in [1.29, 1.82) is 0 Å². The number of hydrogen-bond donors (Lipinski definition) is 0. The molecule has 0 N–H and O–H groups in total. The molecule has 54 heavy (non-hydrogen) atoms. The maximum absolute atomic E-state index is 5.56. The summed E-state index contributed by atoms with van der Waals surface area (Å²) in [5.74, 6) is 0.722. The second-order valence-electron chi connectivity index (χ2n) is 14.0. The zero-order valence-corrected chi connectivity index (χ0v) is 29.4. The van der Waals surface area contributed by atoms with Crippen LogP contribution in [0.5, 0.6) is 0 Å². The van der Waals surface area contributed by atoms with E-state index in [4.69, 9.17) is 9.97 Å². The fourth-order valence-electron chi connectivity index (χ4n) is 8.71. The first-order valence-electron chi connectivity index (χ1n) is 18.5. The van der Waals surface area contributed by atoms with Gasteiger partial charge in [-0.15, -0.1) is 0 Å². The highest BCUT2D eigenvalue weighted by Crippen LogP contribution is 2.48. The van der Waals surface area contributed by atoms with E-state index in [0.717, 1.165) is 44.5 Å². The van der Waals surface area contributed by atoms with Gasteiger partial charge in [0.25, 0.3) is 0 Å². The van der Waals surface area contributed by atoms with Crippen molar-refractivity contribution < 1.29 is 0 Å². The molecule has 0 saturated carbocycles. The lowest BCUT2D eigenvalue weighted by atomic mass is 9.83. The van der Waals surface area contributed by atoms with Gasteiger partial charge in [-0.3, -0.25) is 0 Å². The van der Waals surface area contributed by atoms with Crippen LogP contribution in [-0.4, -0.2) is 9.97 Å². The van der Waals surface area contributed by atoms with Crippen molar-refractivity contribution in [2.24, 2.45) is 0 Å². The third kappa shape index (κ3) is 4.67. The van der Waals surface area contributed by atoms with Crippen LogP contribution in [0.25, 0.3) is 111 Å². The van der Waals surface area contributed by atoms with E-state index in [2.05, 4.69) is 188 Å². The lowest BCUT2D eigenvalue weighted by Crippen LogP contribution is -2.02. The number of benzene rings is 9. The van der Waals surface area contributed by atoms with Crippen molar-refractivity contribution >= 4 is 32.3 Å². The maximum atomic E-state index is 5.56. The normalized spacial score (nSPS) is 11.7. The summed E-state index contributed by atoms with van der Waals surface area (Å²) in [6, 6.07) is 67.7. The zero-order chi connectivity index (χ0) is 35.6. The molecule has 0 radical (unpaired) electrons. The molecule has 0 aliphatic heterocycles.